The normalized spacial score (nSPS) is 56.2. The number of carbonyl (C=O) groups is 1. The molecule has 0 spiro atoms. The number of ketones is 1. The topological polar surface area (TPSA) is 46.5 Å². The van der Waals surface area contributed by atoms with Gasteiger partial charge in [0.2, 0.25) is 0 Å². The minimum atomic E-state index is -1.24. The van der Waals surface area contributed by atoms with E-state index in [-0.39, 0.29) is 17.3 Å². The summed E-state index contributed by atoms with van der Waals surface area (Å²) in [4.78, 5) is 12.3. The molecule has 4 rings (SSSR count). The van der Waals surface area contributed by atoms with Crippen molar-refractivity contribution in [1.82, 2.24) is 0 Å². The van der Waals surface area contributed by atoms with E-state index in [0.717, 1.165) is 32.1 Å². The summed E-state index contributed by atoms with van der Waals surface area (Å²) in [5.41, 5.74) is -2.15. The van der Waals surface area contributed by atoms with Crippen LogP contribution in [-0.2, 0) is 9.53 Å². The molecule has 2 saturated carbocycles. The summed E-state index contributed by atoms with van der Waals surface area (Å²) in [6.45, 7) is 4.00. The molecule has 0 amide bonds. The molecule has 0 radical (unpaired) electrons. The van der Waals surface area contributed by atoms with Crippen LogP contribution < -0.4 is 0 Å². The molecule has 16 heavy (non-hydrogen) atoms. The molecule has 4 aliphatic rings. The van der Waals surface area contributed by atoms with E-state index in [1.54, 1.807) is 0 Å². The first-order chi connectivity index (χ1) is 7.41. The quantitative estimate of drug-likeness (QED) is 0.682. The standard InChI is InChI=1S/C13H20O3/c1-11-6-3-7-12(2)13(11,15)10(14)5-4-9(8-11)16-12/h9,15H,3-8H2,1-2H3/t9-,11?,12-,13-/m0/s1. The molecule has 2 aliphatic heterocycles. The Labute approximate surface area is 96.2 Å². The molecule has 2 saturated heterocycles. The number of rotatable bonds is 0. The van der Waals surface area contributed by atoms with Gasteiger partial charge < -0.3 is 9.84 Å². The van der Waals surface area contributed by atoms with Crippen LogP contribution in [0.3, 0.4) is 0 Å². The number of Topliss-reactive ketones (excluding diaryl/α,β-unsaturated/α-hetero) is 1. The van der Waals surface area contributed by atoms with Crippen LogP contribution >= 0.6 is 0 Å². The molecule has 2 heterocycles. The summed E-state index contributed by atoms with van der Waals surface area (Å²) in [6, 6.07) is 0. The monoisotopic (exact) mass is 224 g/mol. The lowest BCUT2D eigenvalue weighted by molar-refractivity contribution is -0.285. The lowest BCUT2D eigenvalue weighted by Gasteiger charge is -2.60. The first kappa shape index (κ1) is 10.7. The van der Waals surface area contributed by atoms with Crippen molar-refractivity contribution in [3.63, 3.8) is 0 Å². The van der Waals surface area contributed by atoms with Gasteiger partial charge in [-0.15, -0.1) is 0 Å². The number of aliphatic hydroxyl groups is 1. The van der Waals surface area contributed by atoms with E-state index in [1.807, 2.05) is 6.92 Å². The fourth-order valence-electron chi connectivity index (χ4n) is 4.39. The maximum Gasteiger partial charge on any atom is 0.167 e. The predicted molar refractivity (Wildman–Crippen MR) is 59.0 cm³/mol. The minimum absolute atomic E-state index is 0.0113. The molecule has 3 heteroatoms. The smallest absolute Gasteiger partial charge is 0.167 e. The number of ether oxygens (including phenoxy) is 1. The molecule has 4 atom stereocenters. The third-order valence-corrected chi connectivity index (χ3v) is 5.22. The average molecular weight is 224 g/mol. The lowest BCUT2D eigenvalue weighted by atomic mass is 9.53. The van der Waals surface area contributed by atoms with E-state index in [0.29, 0.717) is 6.42 Å². The molecule has 2 aliphatic carbocycles. The van der Waals surface area contributed by atoms with Crippen molar-refractivity contribution < 1.29 is 14.6 Å². The van der Waals surface area contributed by atoms with Gasteiger partial charge in [0.1, 0.15) is 5.60 Å². The Bertz CT molecular complexity index is 331. The number of hydrogen-bond donors (Lipinski definition) is 1. The van der Waals surface area contributed by atoms with Gasteiger partial charge in [0, 0.05) is 11.8 Å². The van der Waals surface area contributed by atoms with E-state index in [4.69, 9.17) is 4.74 Å². The summed E-state index contributed by atoms with van der Waals surface area (Å²) >= 11 is 0. The van der Waals surface area contributed by atoms with Gasteiger partial charge in [0.25, 0.3) is 0 Å². The molecule has 1 unspecified atom stereocenters. The summed E-state index contributed by atoms with van der Waals surface area (Å²) in [5, 5.41) is 11.0. The fraction of sp³-hybridized carbons (Fsp3) is 0.923. The van der Waals surface area contributed by atoms with Crippen molar-refractivity contribution >= 4 is 5.78 Å². The van der Waals surface area contributed by atoms with E-state index < -0.39 is 11.2 Å². The van der Waals surface area contributed by atoms with Gasteiger partial charge in [-0.1, -0.05) is 6.92 Å². The molecule has 3 nitrogen and oxygen atoms in total. The van der Waals surface area contributed by atoms with Crippen LogP contribution in [0.1, 0.15) is 52.4 Å². The second-order valence-electron chi connectivity index (χ2n) is 6.26. The van der Waals surface area contributed by atoms with Gasteiger partial charge in [0.15, 0.2) is 11.4 Å². The minimum Gasteiger partial charge on any atom is -0.378 e. The zero-order chi connectivity index (χ0) is 11.6. The zero-order valence-electron chi connectivity index (χ0n) is 10.1. The third kappa shape index (κ3) is 0.992. The maximum atomic E-state index is 12.3. The number of carbonyl (C=O) groups excluding carboxylic acids is 1. The van der Waals surface area contributed by atoms with Crippen LogP contribution in [0.2, 0.25) is 0 Å². The molecule has 0 aromatic heterocycles. The first-order valence-corrected chi connectivity index (χ1v) is 6.35. The van der Waals surface area contributed by atoms with E-state index in [2.05, 4.69) is 6.92 Å². The van der Waals surface area contributed by atoms with Gasteiger partial charge in [-0.3, -0.25) is 4.79 Å². The van der Waals surface area contributed by atoms with Gasteiger partial charge in [-0.2, -0.15) is 0 Å². The van der Waals surface area contributed by atoms with E-state index >= 15 is 0 Å². The van der Waals surface area contributed by atoms with E-state index in [1.165, 1.54) is 0 Å². The third-order valence-electron chi connectivity index (χ3n) is 5.22. The second kappa shape index (κ2) is 2.88. The molecule has 1 N–H and O–H groups in total. The van der Waals surface area contributed by atoms with Crippen molar-refractivity contribution in [2.24, 2.45) is 5.41 Å². The van der Waals surface area contributed by atoms with Crippen LogP contribution in [0.5, 0.6) is 0 Å². The van der Waals surface area contributed by atoms with Crippen molar-refractivity contribution in [2.75, 3.05) is 0 Å². The van der Waals surface area contributed by atoms with Crippen molar-refractivity contribution in [3.8, 4) is 0 Å². The van der Waals surface area contributed by atoms with Gasteiger partial charge in [-0.05, 0) is 39.0 Å². The molecular formula is C13H20O3. The Balaban J connectivity index is 2.19. The Morgan fingerprint density at radius 2 is 2.12 bits per heavy atom. The SMILES string of the molecule is CC12CCC[C@]3(C)O[C@@H](CCC(=O)[C@]13O)C2. The number of hydrogen-bond acceptors (Lipinski definition) is 3. The summed E-state index contributed by atoms with van der Waals surface area (Å²) < 4.78 is 6.04. The summed E-state index contributed by atoms with van der Waals surface area (Å²) in [6.07, 6.45) is 5.08. The van der Waals surface area contributed by atoms with Crippen molar-refractivity contribution in [2.45, 2.75) is 69.7 Å². The molecule has 4 fully saturated rings. The highest BCUT2D eigenvalue weighted by Crippen LogP contribution is 2.60. The van der Waals surface area contributed by atoms with Crippen LogP contribution in [0.25, 0.3) is 0 Å². The van der Waals surface area contributed by atoms with Gasteiger partial charge in [0.05, 0.1) is 6.10 Å². The molecule has 0 aromatic carbocycles. The first-order valence-electron chi connectivity index (χ1n) is 6.35. The Kier molecular flexibility index (Phi) is 1.93. The van der Waals surface area contributed by atoms with Crippen molar-refractivity contribution in [3.05, 3.63) is 0 Å². The van der Waals surface area contributed by atoms with Gasteiger partial charge in [-0.25, -0.2) is 0 Å². The average Bonchev–Trinajstić information content (AvgIpc) is 2.33. The highest BCUT2D eigenvalue weighted by molar-refractivity contribution is 5.90. The summed E-state index contributed by atoms with van der Waals surface area (Å²) in [7, 11) is 0. The van der Waals surface area contributed by atoms with Crippen LogP contribution in [0.15, 0.2) is 0 Å². The predicted octanol–water partition coefficient (Wildman–Crippen LogP) is 1.82. The molecular weight excluding hydrogens is 204 g/mol. The largest absolute Gasteiger partial charge is 0.378 e. The molecule has 90 valence electrons. The Morgan fingerprint density at radius 1 is 1.38 bits per heavy atom. The highest BCUT2D eigenvalue weighted by Gasteiger charge is 2.69. The maximum absolute atomic E-state index is 12.3. The summed E-state index contributed by atoms with van der Waals surface area (Å²) in [5.74, 6) is 0.0113. The van der Waals surface area contributed by atoms with Crippen molar-refractivity contribution in [1.29, 1.82) is 0 Å². The Hall–Kier alpha value is -0.410. The van der Waals surface area contributed by atoms with Crippen LogP contribution in [0.4, 0.5) is 0 Å². The zero-order valence-corrected chi connectivity index (χ0v) is 10.1. The van der Waals surface area contributed by atoms with E-state index in [9.17, 15) is 9.90 Å². The fourth-order valence-corrected chi connectivity index (χ4v) is 4.39. The second-order valence-corrected chi connectivity index (χ2v) is 6.26. The number of fused-ring (bicyclic) bond motifs is 2. The molecule has 4 bridgehead atoms. The van der Waals surface area contributed by atoms with Crippen LogP contribution in [0, 0.1) is 5.41 Å². The van der Waals surface area contributed by atoms with Gasteiger partial charge >= 0.3 is 0 Å². The highest BCUT2D eigenvalue weighted by atomic mass is 16.5. The van der Waals surface area contributed by atoms with Crippen LogP contribution in [-0.4, -0.2) is 28.2 Å². The molecule has 0 aromatic rings. The lowest BCUT2D eigenvalue weighted by Crippen LogP contribution is -2.72. The Morgan fingerprint density at radius 3 is 2.81 bits per heavy atom.